The summed E-state index contributed by atoms with van der Waals surface area (Å²) in [7, 11) is 1.70. The highest BCUT2D eigenvalue weighted by Crippen LogP contribution is 2.25. The molecule has 2 aromatic rings. The zero-order valence-corrected chi connectivity index (χ0v) is 12.9. The molecule has 3 heterocycles. The number of carbonyl (C=O) groups is 1. The van der Waals surface area contributed by atoms with Gasteiger partial charge in [0, 0.05) is 19.5 Å². The van der Waals surface area contributed by atoms with Gasteiger partial charge in [0.15, 0.2) is 0 Å². The number of rotatable bonds is 4. The first-order chi connectivity index (χ1) is 10.3. The van der Waals surface area contributed by atoms with Crippen LogP contribution in [0, 0.1) is 5.92 Å². The Bertz CT molecular complexity index is 586. The molecular formula is C15H19N3O2S. The molecule has 0 aromatic carbocycles. The first-order valence-electron chi connectivity index (χ1n) is 7.18. The number of likely N-dealkylation sites (tertiary alicyclic amines) is 1. The number of nitrogens with zero attached hydrogens (tertiary/aromatic N) is 2. The number of hydrogen-bond donors (Lipinski definition) is 1. The summed E-state index contributed by atoms with van der Waals surface area (Å²) in [4.78, 5) is 19.5. The van der Waals surface area contributed by atoms with Crippen molar-refractivity contribution in [1.82, 2.24) is 15.2 Å². The first kappa shape index (κ1) is 14.3. The largest absolute Gasteiger partial charge is 0.444 e. The number of aromatic nitrogens is 1. The summed E-state index contributed by atoms with van der Waals surface area (Å²) in [5.74, 6) is 1.02. The van der Waals surface area contributed by atoms with Gasteiger partial charge >= 0.3 is 0 Å². The van der Waals surface area contributed by atoms with Crippen LogP contribution < -0.4 is 5.32 Å². The molecule has 1 aliphatic rings. The van der Waals surface area contributed by atoms with Crippen LogP contribution in [-0.2, 0) is 11.3 Å². The fourth-order valence-corrected chi connectivity index (χ4v) is 3.33. The van der Waals surface area contributed by atoms with E-state index in [9.17, 15) is 4.79 Å². The standard InChI is InChI=1S/C15H19N3O2S/c1-16-14(19)11-4-6-18(7-5-11)9-12-10-20-15(17-12)13-3-2-8-21-13/h2-3,8,10-11H,4-7,9H2,1H3,(H,16,19). The van der Waals surface area contributed by atoms with E-state index in [-0.39, 0.29) is 11.8 Å². The Kier molecular flexibility index (Phi) is 4.36. The molecule has 0 radical (unpaired) electrons. The van der Waals surface area contributed by atoms with E-state index in [0.29, 0.717) is 5.89 Å². The van der Waals surface area contributed by atoms with Crippen LogP contribution in [0.1, 0.15) is 18.5 Å². The second-order valence-electron chi connectivity index (χ2n) is 5.29. The Hall–Kier alpha value is -1.66. The second-order valence-corrected chi connectivity index (χ2v) is 6.23. The molecule has 1 fully saturated rings. The molecule has 21 heavy (non-hydrogen) atoms. The Balaban J connectivity index is 1.55. The normalized spacial score (nSPS) is 17.0. The molecule has 1 saturated heterocycles. The summed E-state index contributed by atoms with van der Waals surface area (Å²) in [6.07, 6.45) is 3.56. The molecule has 0 bridgehead atoms. The average molecular weight is 305 g/mol. The van der Waals surface area contributed by atoms with E-state index in [1.54, 1.807) is 24.6 Å². The number of carbonyl (C=O) groups excluding carboxylic acids is 1. The van der Waals surface area contributed by atoms with Crippen LogP contribution >= 0.6 is 11.3 Å². The van der Waals surface area contributed by atoms with Gasteiger partial charge in [-0.15, -0.1) is 11.3 Å². The minimum atomic E-state index is 0.158. The lowest BCUT2D eigenvalue weighted by Gasteiger charge is -2.30. The lowest BCUT2D eigenvalue weighted by Crippen LogP contribution is -2.39. The zero-order chi connectivity index (χ0) is 14.7. The quantitative estimate of drug-likeness (QED) is 0.942. The second kappa shape index (κ2) is 6.41. The highest BCUT2D eigenvalue weighted by molar-refractivity contribution is 7.13. The molecule has 6 heteroatoms. The number of piperidine rings is 1. The van der Waals surface area contributed by atoms with E-state index in [4.69, 9.17) is 4.42 Å². The van der Waals surface area contributed by atoms with E-state index >= 15 is 0 Å². The highest BCUT2D eigenvalue weighted by Gasteiger charge is 2.24. The number of oxazole rings is 1. The molecule has 0 saturated carbocycles. The molecule has 0 atom stereocenters. The average Bonchev–Trinajstić information content (AvgIpc) is 3.18. The minimum Gasteiger partial charge on any atom is -0.444 e. The topological polar surface area (TPSA) is 58.4 Å². The monoisotopic (exact) mass is 305 g/mol. The van der Waals surface area contributed by atoms with Crippen molar-refractivity contribution >= 4 is 17.2 Å². The van der Waals surface area contributed by atoms with Crippen molar-refractivity contribution in [3.05, 3.63) is 29.5 Å². The molecule has 112 valence electrons. The third kappa shape index (κ3) is 3.33. The van der Waals surface area contributed by atoms with Crippen molar-refractivity contribution in [3.8, 4) is 10.8 Å². The summed E-state index contributed by atoms with van der Waals surface area (Å²) >= 11 is 1.63. The molecule has 0 aliphatic carbocycles. The third-order valence-electron chi connectivity index (χ3n) is 3.87. The first-order valence-corrected chi connectivity index (χ1v) is 8.06. The van der Waals surface area contributed by atoms with Gasteiger partial charge in [-0.2, -0.15) is 0 Å². The molecule has 0 unspecified atom stereocenters. The Labute approximate surface area is 128 Å². The van der Waals surface area contributed by atoms with Crippen LogP contribution in [0.25, 0.3) is 10.8 Å². The van der Waals surface area contributed by atoms with Gasteiger partial charge in [0.05, 0.1) is 10.6 Å². The number of thiophene rings is 1. The lowest BCUT2D eigenvalue weighted by molar-refractivity contribution is -0.125. The maximum absolute atomic E-state index is 11.6. The summed E-state index contributed by atoms with van der Waals surface area (Å²) < 4.78 is 5.54. The Morgan fingerprint density at radius 3 is 3.00 bits per heavy atom. The highest BCUT2D eigenvalue weighted by atomic mass is 32.1. The van der Waals surface area contributed by atoms with Crippen molar-refractivity contribution in [2.75, 3.05) is 20.1 Å². The van der Waals surface area contributed by atoms with E-state index in [1.165, 1.54) is 0 Å². The Morgan fingerprint density at radius 1 is 1.52 bits per heavy atom. The van der Waals surface area contributed by atoms with Crippen LogP contribution in [0.5, 0.6) is 0 Å². The van der Waals surface area contributed by atoms with Crippen LogP contribution in [-0.4, -0.2) is 35.9 Å². The van der Waals surface area contributed by atoms with Gasteiger partial charge in [-0.3, -0.25) is 9.69 Å². The molecule has 0 spiro atoms. The predicted octanol–water partition coefficient (Wildman–Crippen LogP) is 2.36. The number of hydrogen-bond acceptors (Lipinski definition) is 5. The summed E-state index contributed by atoms with van der Waals surface area (Å²) in [6.45, 7) is 2.65. The van der Waals surface area contributed by atoms with Crippen LogP contribution in [0.2, 0.25) is 0 Å². The van der Waals surface area contributed by atoms with Gasteiger partial charge in [0.1, 0.15) is 6.26 Å². The van der Waals surface area contributed by atoms with Gasteiger partial charge < -0.3 is 9.73 Å². The van der Waals surface area contributed by atoms with Gasteiger partial charge in [0.2, 0.25) is 11.8 Å². The van der Waals surface area contributed by atoms with Crippen molar-refractivity contribution in [2.24, 2.45) is 5.92 Å². The van der Waals surface area contributed by atoms with Crippen molar-refractivity contribution in [1.29, 1.82) is 0 Å². The molecule has 3 rings (SSSR count). The number of nitrogens with one attached hydrogen (secondary N) is 1. The minimum absolute atomic E-state index is 0.158. The van der Waals surface area contributed by atoms with Gasteiger partial charge in [0.25, 0.3) is 0 Å². The molecule has 1 amide bonds. The van der Waals surface area contributed by atoms with E-state index in [0.717, 1.165) is 43.0 Å². The maximum atomic E-state index is 11.6. The van der Waals surface area contributed by atoms with Crippen LogP contribution in [0.3, 0.4) is 0 Å². The fourth-order valence-electron chi connectivity index (χ4n) is 2.68. The SMILES string of the molecule is CNC(=O)C1CCN(Cc2coc(-c3cccs3)n2)CC1. The molecular weight excluding hydrogens is 286 g/mol. The zero-order valence-electron chi connectivity index (χ0n) is 12.0. The van der Waals surface area contributed by atoms with E-state index < -0.39 is 0 Å². The van der Waals surface area contributed by atoms with Crippen LogP contribution in [0.15, 0.2) is 28.2 Å². The fraction of sp³-hybridized carbons (Fsp3) is 0.467. The van der Waals surface area contributed by atoms with Gasteiger partial charge in [-0.1, -0.05) is 6.07 Å². The van der Waals surface area contributed by atoms with Gasteiger partial charge in [-0.25, -0.2) is 4.98 Å². The van der Waals surface area contributed by atoms with Crippen molar-refractivity contribution < 1.29 is 9.21 Å². The molecule has 2 aromatic heterocycles. The van der Waals surface area contributed by atoms with Crippen LogP contribution in [0.4, 0.5) is 0 Å². The predicted molar refractivity (Wildman–Crippen MR) is 81.9 cm³/mol. The molecule has 5 nitrogen and oxygen atoms in total. The van der Waals surface area contributed by atoms with Gasteiger partial charge in [-0.05, 0) is 37.4 Å². The van der Waals surface area contributed by atoms with Crippen molar-refractivity contribution in [2.45, 2.75) is 19.4 Å². The third-order valence-corrected chi connectivity index (χ3v) is 4.73. The number of amides is 1. The smallest absolute Gasteiger partial charge is 0.236 e. The van der Waals surface area contributed by atoms with Crippen molar-refractivity contribution in [3.63, 3.8) is 0 Å². The van der Waals surface area contributed by atoms with E-state index in [1.807, 2.05) is 17.5 Å². The van der Waals surface area contributed by atoms with E-state index in [2.05, 4.69) is 15.2 Å². The lowest BCUT2D eigenvalue weighted by atomic mass is 9.96. The summed E-state index contributed by atoms with van der Waals surface area (Å²) in [6, 6.07) is 4.00. The maximum Gasteiger partial charge on any atom is 0.236 e. The summed E-state index contributed by atoms with van der Waals surface area (Å²) in [5.41, 5.74) is 0.955. The molecule has 1 aliphatic heterocycles. The Morgan fingerprint density at radius 2 is 2.33 bits per heavy atom. The summed E-state index contributed by atoms with van der Waals surface area (Å²) in [5, 5.41) is 4.75. The molecule has 1 N–H and O–H groups in total.